The van der Waals surface area contributed by atoms with Crippen molar-refractivity contribution >= 4 is 11.8 Å². The maximum Gasteiger partial charge on any atom is 0.116 e. The van der Waals surface area contributed by atoms with Crippen LogP contribution in [-0.2, 0) is 0 Å². The van der Waals surface area contributed by atoms with Crippen molar-refractivity contribution in [3.8, 4) is 0 Å². The highest BCUT2D eigenvalue weighted by Crippen LogP contribution is 2.24. The molecular formula is C11H12N4S. The Morgan fingerprint density at radius 3 is 2.75 bits per heavy atom. The Morgan fingerprint density at radius 1 is 1.19 bits per heavy atom. The van der Waals surface area contributed by atoms with E-state index in [2.05, 4.69) is 15.0 Å². The first-order valence-corrected chi connectivity index (χ1v) is 5.73. The minimum absolute atomic E-state index is 0.0211. The van der Waals surface area contributed by atoms with Crippen molar-refractivity contribution in [2.24, 2.45) is 5.73 Å². The van der Waals surface area contributed by atoms with E-state index in [1.54, 1.807) is 12.4 Å². The molecule has 0 aliphatic heterocycles. The van der Waals surface area contributed by atoms with Crippen LogP contribution in [0.2, 0.25) is 0 Å². The minimum atomic E-state index is 0.0211. The lowest BCUT2D eigenvalue weighted by Gasteiger charge is -2.06. The summed E-state index contributed by atoms with van der Waals surface area (Å²) in [5.41, 5.74) is 6.89. The zero-order valence-electron chi connectivity index (χ0n) is 8.87. The van der Waals surface area contributed by atoms with Gasteiger partial charge >= 0.3 is 0 Å². The van der Waals surface area contributed by atoms with Crippen LogP contribution in [0.1, 0.15) is 18.5 Å². The van der Waals surface area contributed by atoms with Crippen LogP contribution in [0.15, 0.2) is 47.0 Å². The second-order valence-corrected chi connectivity index (χ2v) is 4.41. The summed E-state index contributed by atoms with van der Waals surface area (Å²) in [5, 5.41) is 1.78. The van der Waals surface area contributed by atoms with Gasteiger partial charge in [0.25, 0.3) is 0 Å². The van der Waals surface area contributed by atoms with Crippen LogP contribution in [0.25, 0.3) is 0 Å². The summed E-state index contributed by atoms with van der Waals surface area (Å²) in [6.07, 6.45) is 5.00. The van der Waals surface area contributed by atoms with Gasteiger partial charge in [0.05, 0.1) is 0 Å². The molecule has 0 radical (unpaired) electrons. The summed E-state index contributed by atoms with van der Waals surface area (Å²) >= 11 is 1.50. The number of hydrogen-bond acceptors (Lipinski definition) is 5. The molecule has 2 aromatic heterocycles. The first-order chi connectivity index (χ1) is 7.75. The van der Waals surface area contributed by atoms with E-state index in [0.717, 1.165) is 15.6 Å². The molecule has 2 aromatic rings. The van der Waals surface area contributed by atoms with Gasteiger partial charge in [0.2, 0.25) is 0 Å². The normalized spacial score (nSPS) is 12.4. The topological polar surface area (TPSA) is 64.7 Å². The number of pyridine rings is 1. The molecule has 2 N–H and O–H groups in total. The Kier molecular flexibility index (Phi) is 3.48. The van der Waals surface area contributed by atoms with Crippen LogP contribution < -0.4 is 5.73 Å². The van der Waals surface area contributed by atoms with Gasteiger partial charge in [-0.15, -0.1) is 0 Å². The zero-order valence-corrected chi connectivity index (χ0v) is 9.69. The van der Waals surface area contributed by atoms with Gasteiger partial charge < -0.3 is 5.73 Å². The largest absolute Gasteiger partial charge is 0.324 e. The van der Waals surface area contributed by atoms with Gasteiger partial charge in [0.15, 0.2) is 0 Å². The number of hydrogen-bond donors (Lipinski definition) is 1. The fourth-order valence-corrected chi connectivity index (χ4v) is 1.96. The standard InChI is InChI=1S/C11H12N4S/c1-8(12)9-2-5-14-11(6-9)16-10-3-4-13-7-15-10/h2-8H,12H2,1H3. The molecule has 0 fully saturated rings. The van der Waals surface area contributed by atoms with Gasteiger partial charge in [-0.05, 0) is 42.4 Å². The van der Waals surface area contributed by atoms with E-state index in [0.29, 0.717) is 0 Å². The van der Waals surface area contributed by atoms with Crippen LogP contribution in [0.4, 0.5) is 0 Å². The molecule has 4 nitrogen and oxygen atoms in total. The molecule has 0 aliphatic rings. The Labute approximate surface area is 98.3 Å². The number of nitrogens with zero attached hydrogens (tertiary/aromatic N) is 3. The summed E-state index contributed by atoms with van der Waals surface area (Å²) in [6, 6.07) is 5.78. The van der Waals surface area contributed by atoms with Gasteiger partial charge in [0.1, 0.15) is 16.4 Å². The van der Waals surface area contributed by atoms with E-state index >= 15 is 0 Å². The van der Waals surface area contributed by atoms with Crippen molar-refractivity contribution in [1.82, 2.24) is 15.0 Å². The molecule has 0 spiro atoms. The van der Waals surface area contributed by atoms with Crippen molar-refractivity contribution < 1.29 is 0 Å². The SMILES string of the molecule is CC(N)c1ccnc(Sc2ccncn2)c1. The predicted octanol–water partition coefficient (Wildman–Crippen LogP) is 2.04. The third kappa shape index (κ3) is 2.77. The molecule has 5 heteroatoms. The molecule has 0 bridgehead atoms. The average Bonchev–Trinajstić information content (AvgIpc) is 2.30. The van der Waals surface area contributed by atoms with Crippen LogP contribution in [0.5, 0.6) is 0 Å². The third-order valence-electron chi connectivity index (χ3n) is 2.05. The van der Waals surface area contributed by atoms with E-state index in [9.17, 15) is 0 Å². The highest BCUT2D eigenvalue weighted by molar-refractivity contribution is 7.99. The smallest absolute Gasteiger partial charge is 0.116 e. The van der Waals surface area contributed by atoms with Crippen molar-refractivity contribution in [3.63, 3.8) is 0 Å². The zero-order chi connectivity index (χ0) is 11.4. The second kappa shape index (κ2) is 5.05. The summed E-state index contributed by atoms with van der Waals surface area (Å²) in [6.45, 7) is 1.95. The number of nitrogens with two attached hydrogens (primary N) is 1. The van der Waals surface area contributed by atoms with E-state index in [-0.39, 0.29) is 6.04 Å². The van der Waals surface area contributed by atoms with Crippen molar-refractivity contribution in [2.75, 3.05) is 0 Å². The molecule has 2 rings (SSSR count). The fraction of sp³-hybridized carbons (Fsp3) is 0.182. The number of aromatic nitrogens is 3. The highest BCUT2D eigenvalue weighted by atomic mass is 32.2. The van der Waals surface area contributed by atoms with E-state index in [1.165, 1.54) is 18.1 Å². The Bertz CT molecular complexity index is 459. The molecular weight excluding hydrogens is 220 g/mol. The molecule has 0 saturated carbocycles. The third-order valence-corrected chi connectivity index (χ3v) is 2.93. The van der Waals surface area contributed by atoms with Gasteiger partial charge in [-0.2, -0.15) is 0 Å². The van der Waals surface area contributed by atoms with E-state index in [4.69, 9.17) is 5.73 Å². The Hall–Kier alpha value is -1.46. The minimum Gasteiger partial charge on any atom is -0.324 e. The molecule has 82 valence electrons. The van der Waals surface area contributed by atoms with Crippen LogP contribution in [0.3, 0.4) is 0 Å². The molecule has 16 heavy (non-hydrogen) atoms. The van der Waals surface area contributed by atoms with Gasteiger partial charge in [-0.25, -0.2) is 15.0 Å². The van der Waals surface area contributed by atoms with Crippen LogP contribution >= 0.6 is 11.8 Å². The van der Waals surface area contributed by atoms with Crippen LogP contribution in [-0.4, -0.2) is 15.0 Å². The lowest BCUT2D eigenvalue weighted by molar-refractivity contribution is 0.808. The first kappa shape index (κ1) is 11.0. The van der Waals surface area contributed by atoms with Crippen molar-refractivity contribution in [3.05, 3.63) is 42.5 Å². The molecule has 0 aromatic carbocycles. The molecule has 2 heterocycles. The molecule has 1 unspecified atom stereocenters. The lowest BCUT2D eigenvalue weighted by atomic mass is 10.1. The second-order valence-electron chi connectivity index (χ2n) is 3.37. The Morgan fingerprint density at radius 2 is 2.06 bits per heavy atom. The van der Waals surface area contributed by atoms with Gasteiger partial charge in [-0.3, -0.25) is 0 Å². The van der Waals surface area contributed by atoms with E-state index in [1.807, 2.05) is 25.1 Å². The fourth-order valence-electron chi connectivity index (χ4n) is 1.21. The molecule has 1 atom stereocenters. The Balaban J connectivity index is 2.19. The molecule has 0 saturated heterocycles. The van der Waals surface area contributed by atoms with Gasteiger partial charge in [-0.1, -0.05) is 0 Å². The lowest BCUT2D eigenvalue weighted by Crippen LogP contribution is -2.04. The monoisotopic (exact) mass is 232 g/mol. The highest BCUT2D eigenvalue weighted by Gasteiger charge is 2.03. The molecule has 0 aliphatic carbocycles. The number of rotatable bonds is 3. The van der Waals surface area contributed by atoms with Crippen molar-refractivity contribution in [2.45, 2.75) is 23.0 Å². The van der Waals surface area contributed by atoms with Gasteiger partial charge in [0, 0.05) is 18.4 Å². The van der Waals surface area contributed by atoms with Crippen molar-refractivity contribution in [1.29, 1.82) is 0 Å². The maximum atomic E-state index is 5.81. The quantitative estimate of drug-likeness (QED) is 0.820. The summed E-state index contributed by atoms with van der Waals surface area (Å²) in [5.74, 6) is 0. The summed E-state index contributed by atoms with van der Waals surface area (Å²) in [7, 11) is 0. The van der Waals surface area contributed by atoms with Crippen LogP contribution in [0, 0.1) is 0 Å². The molecule has 0 amide bonds. The maximum absolute atomic E-state index is 5.81. The van der Waals surface area contributed by atoms with E-state index < -0.39 is 0 Å². The summed E-state index contributed by atoms with van der Waals surface area (Å²) in [4.78, 5) is 12.3. The first-order valence-electron chi connectivity index (χ1n) is 4.91. The average molecular weight is 232 g/mol. The predicted molar refractivity (Wildman–Crippen MR) is 63.0 cm³/mol. The summed E-state index contributed by atoms with van der Waals surface area (Å²) < 4.78 is 0.